The zero-order valence-corrected chi connectivity index (χ0v) is 11.0. The van der Waals surface area contributed by atoms with Gasteiger partial charge in [0, 0.05) is 12.4 Å². The van der Waals surface area contributed by atoms with Gasteiger partial charge in [0.1, 0.15) is 12.0 Å². The lowest BCUT2D eigenvalue weighted by Gasteiger charge is -2.08. The highest BCUT2D eigenvalue weighted by molar-refractivity contribution is 6.39. The summed E-state index contributed by atoms with van der Waals surface area (Å²) >= 11 is 17.5. The molecule has 92 valence electrons. The monoisotopic (exact) mass is 302 g/mol. The molecule has 0 radical (unpaired) electrons. The van der Waals surface area contributed by atoms with E-state index in [2.05, 4.69) is 20.3 Å². The highest BCUT2D eigenvalue weighted by Crippen LogP contribution is 2.26. The van der Waals surface area contributed by atoms with Crippen molar-refractivity contribution in [2.75, 3.05) is 5.32 Å². The molecule has 2 rings (SSSR count). The van der Waals surface area contributed by atoms with E-state index in [4.69, 9.17) is 34.8 Å². The molecule has 0 aliphatic carbocycles. The Morgan fingerprint density at radius 1 is 1.17 bits per heavy atom. The number of hydrogen-bond donors (Lipinski definition) is 1. The second-order valence-electron chi connectivity index (χ2n) is 3.14. The summed E-state index contributed by atoms with van der Waals surface area (Å²) in [7, 11) is 0. The molecular weight excluding hydrogens is 298 g/mol. The maximum Gasteiger partial charge on any atom is 0.257 e. The van der Waals surface area contributed by atoms with Crippen molar-refractivity contribution < 1.29 is 4.79 Å². The van der Waals surface area contributed by atoms with Crippen LogP contribution in [0.15, 0.2) is 24.8 Å². The number of pyridine rings is 1. The van der Waals surface area contributed by atoms with Gasteiger partial charge in [0.15, 0.2) is 10.3 Å². The van der Waals surface area contributed by atoms with Crippen LogP contribution in [0.4, 0.5) is 5.69 Å². The fourth-order valence-corrected chi connectivity index (χ4v) is 1.80. The van der Waals surface area contributed by atoms with E-state index in [0.717, 1.165) is 0 Å². The molecule has 0 aliphatic heterocycles. The number of amides is 1. The second kappa shape index (κ2) is 5.48. The molecule has 0 saturated heterocycles. The van der Waals surface area contributed by atoms with Crippen LogP contribution >= 0.6 is 34.8 Å². The van der Waals surface area contributed by atoms with Crippen LogP contribution in [0.5, 0.6) is 0 Å². The lowest BCUT2D eigenvalue weighted by atomic mass is 10.2. The molecule has 0 aliphatic rings. The van der Waals surface area contributed by atoms with Gasteiger partial charge in [-0.25, -0.2) is 9.97 Å². The Bertz CT molecular complexity index is 585. The minimum atomic E-state index is -0.471. The molecule has 1 amide bonds. The van der Waals surface area contributed by atoms with Gasteiger partial charge in [-0.1, -0.05) is 34.8 Å². The predicted molar refractivity (Wildman–Crippen MR) is 69.3 cm³/mol. The maximum absolute atomic E-state index is 11.9. The van der Waals surface area contributed by atoms with Crippen LogP contribution in [-0.4, -0.2) is 20.9 Å². The fraction of sp³-hybridized carbons (Fsp3) is 0. The molecule has 0 spiro atoms. The zero-order chi connectivity index (χ0) is 13.1. The first-order valence-corrected chi connectivity index (χ1v) is 5.80. The van der Waals surface area contributed by atoms with E-state index in [1.54, 1.807) is 0 Å². The van der Waals surface area contributed by atoms with Gasteiger partial charge in [-0.3, -0.25) is 9.78 Å². The van der Waals surface area contributed by atoms with E-state index in [1.165, 1.54) is 24.8 Å². The minimum absolute atomic E-state index is 0.0496. The zero-order valence-electron chi connectivity index (χ0n) is 8.69. The van der Waals surface area contributed by atoms with Crippen LogP contribution in [-0.2, 0) is 0 Å². The number of anilines is 1. The van der Waals surface area contributed by atoms with Crippen molar-refractivity contribution >= 4 is 46.4 Å². The van der Waals surface area contributed by atoms with Crippen molar-refractivity contribution in [2.24, 2.45) is 0 Å². The molecule has 0 unspecified atom stereocenters. The van der Waals surface area contributed by atoms with E-state index < -0.39 is 5.91 Å². The van der Waals surface area contributed by atoms with Crippen molar-refractivity contribution in [3.63, 3.8) is 0 Å². The third kappa shape index (κ3) is 2.69. The van der Waals surface area contributed by atoms with Crippen molar-refractivity contribution in [1.82, 2.24) is 15.0 Å². The highest BCUT2D eigenvalue weighted by Gasteiger charge is 2.15. The van der Waals surface area contributed by atoms with Gasteiger partial charge in [-0.05, 0) is 6.07 Å². The number of halogens is 3. The largest absolute Gasteiger partial charge is 0.317 e. The number of hydrogen-bond acceptors (Lipinski definition) is 4. The van der Waals surface area contributed by atoms with Crippen LogP contribution < -0.4 is 5.32 Å². The molecule has 1 N–H and O–H groups in total. The van der Waals surface area contributed by atoms with E-state index >= 15 is 0 Å². The predicted octanol–water partition coefficient (Wildman–Crippen LogP) is 3.08. The van der Waals surface area contributed by atoms with E-state index in [0.29, 0.717) is 0 Å². The van der Waals surface area contributed by atoms with Gasteiger partial charge in [0.05, 0.1) is 10.6 Å². The van der Waals surface area contributed by atoms with E-state index in [1.807, 2.05) is 0 Å². The van der Waals surface area contributed by atoms with Crippen LogP contribution in [0, 0.1) is 0 Å². The van der Waals surface area contributed by atoms with Crippen molar-refractivity contribution in [2.45, 2.75) is 0 Å². The Balaban J connectivity index is 2.30. The number of rotatable bonds is 2. The van der Waals surface area contributed by atoms with E-state index in [-0.39, 0.29) is 26.6 Å². The van der Waals surface area contributed by atoms with Gasteiger partial charge < -0.3 is 5.32 Å². The summed E-state index contributed by atoms with van der Waals surface area (Å²) in [4.78, 5) is 23.2. The Hall–Kier alpha value is -1.43. The quantitative estimate of drug-likeness (QED) is 0.866. The lowest BCUT2D eigenvalue weighted by molar-refractivity contribution is 0.102. The van der Waals surface area contributed by atoms with Gasteiger partial charge in [-0.2, -0.15) is 0 Å². The Kier molecular flexibility index (Phi) is 3.96. The number of carbonyl (C=O) groups excluding carboxylic acids is 1. The molecule has 2 heterocycles. The molecule has 5 nitrogen and oxygen atoms in total. The number of aromatic nitrogens is 3. The van der Waals surface area contributed by atoms with Crippen LogP contribution in [0.1, 0.15) is 10.4 Å². The summed E-state index contributed by atoms with van der Waals surface area (Å²) in [5.41, 5.74) is 0.390. The van der Waals surface area contributed by atoms with E-state index in [9.17, 15) is 4.79 Å². The average molecular weight is 304 g/mol. The first-order chi connectivity index (χ1) is 8.59. The first-order valence-electron chi connectivity index (χ1n) is 4.66. The smallest absolute Gasteiger partial charge is 0.257 e. The topological polar surface area (TPSA) is 67.8 Å². The molecule has 0 fully saturated rings. The molecule has 0 atom stereocenters. The third-order valence-electron chi connectivity index (χ3n) is 2.01. The molecule has 18 heavy (non-hydrogen) atoms. The van der Waals surface area contributed by atoms with Crippen LogP contribution in [0.25, 0.3) is 0 Å². The summed E-state index contributed by atoms with van der Waals surface area (Å²) in [6, 6.07) is 1.48. The minimum Gasteiger partial charge on any atom is -0.317 e. The van der Waals surface area contributed by atoms with Crippen molar-refractivity contribution in [1.29, 1.82) is 0 Å². The van der Waals surface area contributed by atoms with Crippen LogP contribution in [0.2, 0.25) is 15.3 Å². The fourth-order valence-electron chi connectivity index (χ4n) is 1.19. The van der Waals surface area contributed by atoms with Crippen molar-refractivity contribution in [3.8, 4) is 0 Å². The third-order valence-corrected chi connectivity index (χ3v) is 2.88. The highest BCUT2D eigenvalue weighted by atomic mass is 35.5. The number of nitrogens with zero attached hydrogens (tertiary/aromatic N) is 3. The molecule has 8 heteroatoms. The molecule has 0 aromatic carbocycles. The summed E-state index contributed by atoms with van der Waals surface area (Å²) in [5, 5.41) is 2.82. The van der Waals surface area contributed by atoms with Crippen LogP contribution in [0.3, 0.4) is 0 Å². The number of carbonyl (C=O) groups is 1. The van der Waals surface area contributed by atoms with Gasteiger partial charge in [0.25, 0.3) is 5.91 Å². The van der Waals surface area contributed by atoms with Gasteiger partial charge in [-0.15, -0.1) is 0 Å². The summed E-state index contributed by atoms with van der Waals surface area (Å²) < 4.78 is 0. The lowest BCUT2D eigenvalue weighted by Crippen LogP contribution is -2.14. The normalized spacial score (nSPS) is 10.2. The molecule has 0 saturated carbocycles. The first kappa shape index (κ1) is 13.0. The molecule has 2 aromatic heterocycles. The molecule has 2 aromatic rings. The molecule has 0 bridgehead atoms. The second-order valence-corrected chi connectivity index (χ2v) is 4.26. The SMILES string of the molecule is O=C(Nc1c(Cl)ncnc1Cl)c1ccncc1Cl. The summed E-state index contributed by atoms with van der Waals surface area (Å²) in [6.45, 7) is 0. The maximum atomic E-state index is 11.9. The van der Waals surface area contributed by atoms with Gasteiger partial charge in [0.2, 0.25) is 0 Å². The Morgan fingerprint density at radius 2 is 1.83 bits per heavy atom. The molecular formula is C10H5Cl3N4O. The van der Waals surface area contributed by atoms with Gasteiger partial charge >= 0.3 is 0 Å². The average Bonchev–Trinajstić information content (AvgIpc) is 2.34. The van der Waals surface area contributed by atoms with Crippen molar-refractivity contribution in [3.05, 3.63) is 45.7 Å². The number of nitrogens with one attached hydrogen (secondary N) is 1. The summed E-state index contributed by atoms with van der Waals surface area (Å²) in [5.74, 6) is -0.471. The summed E-state index contributed by atoms with van der Waals surface area (Å²) in [6.07, 6.45) is 4.01. The standard InChI is InChI=1S/C10H5Cl3N4O/c11-6-3-14-2-1-5(6)10(18)17-7-8(12)15-4-16-9(7)13/h1-4H,(H,17,18). The Labute approximate surface area is 117 Å². The Morgan fingerprint density at radius 3 is 2.44 bits per heavy atom.